The predicted octanol–water partition coefficient (Wildman–Crippen LogP) is 4.17. The van der Waals surface area contributed by atoms with E-state index in [2.05, 4.69) is 30.1 Å². The number of nitrogens with one attached hydrogen (secondary N) is 1. The summed E-state index contributed by atoms with van der Waals surface area (Å²) in [5.41, 5.74) is 2.75. The fraction of sp³-hybridized carbons (Fsp3) is 0. The topological polar surface area (TPSA) is 15.8 Å². The van der Waals surface area contributed by atoms with E-state index in [0.29, 0.717) is 9.94 Å². The van der Waals surface area contributed by atoms with Crippen LogP contribution in [0.3, 0.4) is 0 Å². The Balaban J connectivity index is 2.72. The summed E-state index contributed by atoms with van der Waals surface area (Å²) in [5.74, 6) is 2.61. The molecule has 0 unspecified atom stereocenters. The zero-order valence-corrected chi connectivity index (χ0v) is 10.6. The molecule has 0 saturated carbocycles. The molecule has 0 atom stereocenters. The van der Waals surface area contributed by atoms with Crippen molar-refractivity contribution in [3.8, 4) is 12.3 Å². The van der Waals surface area contributed by atoms with Crippen LogP contribution in [0.4, 0.5) is 0 Å². The van der Waals surface area contributed by atoms with E-state index in [-0.39, 0.29) is 0 Å². The average Bonchev–Trinajstić information content (AvgIpc) is 2.79. The van der Waals surface area contributed by atoms with Crippen molar-refractivity contribution in [1.82, 2.24) is 4.98 Å². The van der Waals surface area contributed by atoms with Gasteiger partial charge in [-0.1, -0.05) is 24.1 Å². The summed E-state index contributed by atoms with van der Waals surface area (Å²) in [7, 11) is 0. The predicted molar refractivity (Wildman–Crippen MR) is 78.2 cm³/mol. The number of aromatic nitrogens is 1. The SMILES string of the molecule is C#Cc1ccc2[nH]cc(/C(S)=C(\Cl)C=C)c2c1. The molecule has 0 bridgehead atoms. The molecule has 1 heterocycles. The quantitative estimate of drug-likeness (QED) is 0.457. The first-order chi connectivity index (χ1) is 8.17. The van der Waals surface area contributed by atoms with E-state index in [0.717, 1.165) is 22.0 Å². The standard InChI is InChI=1S/C14H10ClNS/c1-3-9-5-6-13-10(7-9)11(8-16-13)14(17)12(15)4-2/h1,4-8,16-17H,2H2/b14-12+. The first-order valence-corrected chi connectivity index (χ1v) is 5.79. The number of rotatable bonds is 2. The molecule has 2 rings (SSSR count). The largest absolute Gasteiger partial charge is 0.361 e. The van der Waals surface area contributed by atoms with Gasteiger partial charge in [-0.2, -0.15) is 0 Å². The fourth-order valence-electron chi connectivity index (χ4n) is 1.63. The van der Waals surface area contributed by atoms with Crippen LogP contribution in [0.2, 0.25) is 0 Å². The highest BCUT2D eigenvalue weighted by atomic mass is 35.5. The van der Waals surface area contributed by atoms with Crippen molar-refractivity contribution < 1.29 is 0 Å². The van der Waals surface area contributed by atoms with Crippen molar-refractivity contribution in [1.29, 1.82) is 0 Å². The molecule has 0 aliphatic rings. The van der Waals surface area contributed by atoms with Gasteiger partial charge in [0.15, 0.2) is 0 Å². The lowest BCUT2D eigenvalue weighted by Crippen LogP contribution is -1.79. The highest BCUT2D eigenvalue weighted by molar-refractivity contribution is 7.90. The van der Waals surface area contributed by atoms with E-state index in [4.69, 9.17) is 18.0 Å². The summed E-state index contributed by atoms with van der Waals surface area (Å²) in [4.78, 5) is 3.84. The van der Waals surface area contributed by atoms with Crippen molar-refractivity contribution in [2.75, 3.05) is 0 Å². The molecule has 2 aromatic rings. The number of hydrogen-bond donors (Lipinski definition) is 2. The smallest absolute Gasteiger partial charge is 0.0540 e. The number of fused-ring (bicyclic) bond motifs is 1. The Morgan fingerprint density at radius 3 is 2.94 bits per heavy atom. The molecule has 1 N–H and O–H groups in total. The zero-order chi connectivity index (χ0) is 12.4. The number of benzene rings is 1. The Bertz CT molecular complexity index is 658. The molecule has 0 saturated heterocycles. The third-order valence-electron chi connectivity index (χ3n) is 2.51. The van der Waals surface area contributed by atoms with E-state index in [9.17, 15) is 0 Å². The highest BCUT2D eigenvalue weighted by Gasteiger charge is 2.08. The lowest BCUT2D eigenvalue weighted by atomic mass is 10.1. The molecule has 1 aromatic carbocycles. The second kappa shape index (κ2) is 4.75. The lowest BCUT2D eigenvalue weighted by molar-refractivity contribution is 1.47. The van der Waals surface area contributed by atoms with Gasteiger partial charge in [0, 0.05) is 33.1 Å². The zero-order valence-electron chi connectivity index (χ0n) is 9.00. The Hall–Kier alpha value is -1.56. The molecule has 0 aliphatic heterocycles. The maximum atomic E-state index is 6.01. The van der Waals surface area contributed by atoms with E-state index in [1.165, 1.54) is 0 Å². The molecular weight excluding hydrogens is 250 g/mol. The minimum atomic E-state index is 0.514. The van der Waals surface area contributed by atoms with Crippen molar-refractivity contribution in [3.05, 3.63) is 53.2 Å². The van der Waals surface area contributed by atoms with Crippen LogP contribution in [-0.4, -0.2) is 4.98 Å². The molecule has 84 valence electrons. The van der Waals surface area contributed by atoms with Gasteiger partial charge in [0.05, 0.1) is 5.03 Å². The Labute approximate surface area is 111 Å². The monoisotopic (exact) mass is 259 g/mol. The third-order valence-corrected chi connectivity index (χ3v) is 3.47. The number of H-pyrrole nitrogens is 1. The fourth-order valence-corrected chi connectivity index (χ4v) is 2.01. The molecule has 17 heavy (non-hydrogen) atoms. The van der Waals surface area contributed by atoms with Crippen LogP contribution < -0.4 is 0 Å². The molecule has 0 amide bonds. The molecular formula is C14H10ClNS. The summed E-state index contributed by atoms with van der Waals surface area (Å²) < 4.78 is 0. The van der Waals surface area contributed by atoms with Gasteiger partial charge in [-0.05, 0) is 24.3 Å². The molecule has 3 heteroatoms. The summed E-state index contributed by atoms with van der Waals surface area (Å²) in [6, 6.07) is 5.77. The third kappa shape index (κ3) is 2.12. The number of terminal acetylenes is 1. The number of halogens is 1. The van der Waals surface area contributed by atoms with Gasteiger partial charge < -0.3 is 4.98 Å². The van der Waals surface area contributed by atoms with Gasteiger partial charge in [0.1, 0.15) is 0 Å². The van der Waals surface area contributed by atoms with E-state index in [1.807, 2.05) is 24.4 Å². The van der Waals surface area contributed by atoms with Gasteiger partial charge in [-0.15, -0.1) is 19.1 Å². The minimum absolute atomic E-state index is 0.514. The van der Waals surface area contributed by atoms with Crippen LogP contribution in [0.15, 0.2) is 42.1 Å². The molecule has 0 spiro atoms. The van der Waals surface area contributed by atoms with Crippen LogP contribution in [0, 0.1) is 12.3 Å². The van der Waals surface area contributed by atoms with Gasteiger partial charge in [-0.3, -0.25) is 0 Å². The number of hydrogen-bond acceptors (Lipinski definition) is 1. The second-order valence-corrected chi connectivity index (χ2v) is 4.36. The van der Waals surface area contributed by atoms with Crippen molar-refractivity contribution >= 4 is 40.0 Å². The summed E-state index contributed by atoms with van der Waals surface area (Å²) in [6.07, 6.45) is 8.81. The maximum absolute atomic E-state index is 6.01. The van der Waals surface area contributed by atoms with E-state index in [1.54, 1.807) is 6.08 Å². The summed E-state index contributed by atoms with van der Waals surface area (Å²) in [6.45, 7) is 3.62. The summed E-state index contributed by atoms with van der Waals surface area (Å²) >= 11 is 10.4. The lowest BCUT2D eigenvalue weighted by Gasteiger charge is -2.00. The Morgan fingerprint density at radius 2 is 2.29 bits per heavy atom. The highest BCUT2D eigenvalue weighted by Crippen LogP contribution is 2.31. The number of aromatic amines is 1. The number of allylic oxidation sites excluding steroid dienone is 2. The van der Waals surface area contributed by atoms with E-state index < -0.39 is 0 Å². The van der Waals surface area contributed by atoms with Gasteiger partial charge in [0.2, 0.25) is 0 Å². The summed E-state index contributed by atoms with van der Waals surface area (Å²) in [5, 5.41) is 1.52. The van der Waals surface area contributed by atoms with Crippen molar-refractivity contribution in [3.63, 3.8) is 0 Å². The van der Waals surface area contributed by atoms with Crippen LogP contribution >= 0.6 is 24.2 Å². The number of thiol groups is 1. The van der Waals surface area contributed by atoms with Gasteiger partial charge in [0.25, 0.3) is 0 Å². The van der Waals surface area contributed by atoms with Crippen molar-refractivity contribution in [2.45, 2.75) is 0 Å². The Morgan fingerprint density at radius 1 is 1.53 bits per heavy atom. The molecule has 1 aromatic heterocycles. The maximum Gasteiger partial charge on any atom is 0.0540 e. The van der Waals surface area contributed by atoms with Crippen LogP contribution in [0.25, 0.3) is 15.8 Å². The van der Waals surface area contributed by atoms with Crippen LogP contribution in [0.1, 0.15) is 11.1 Å². The first-order valence-electron chi connectivity index (χ1n) is 4.96. The van der Waals surface area contributed by atoms with E-state index >= 15 is 0 Å². The second-order valence-electron chi connectivity index (χ2n) is 3.51. The normalized spacial score (nSPS) is 12.1. The molecule has 0 radical (unpaired) electrons. The van der Waals surface area contributed by atoms with Crippen molar-refractivity contribution in [2.24, 2.45) is 0 Å². The van der Waals surface area contributed by atoms with Gasteiger partial charge in [-0.25, -0.2) is 0 Å². The molecule has 1 nitrogen and oxygen atoms in total. The minimum Gasteiger partial charge on any atom is -0.361 e. The average molecular weight is 260 g/mol. The molecule has 0 aliphatic carbocycles. The molecule has 0 fully saturated rings. The van der Waals surface area contributed by atoms with Gasteiger partial charge >= 0.3 is 0 Å². The first kappa shape index (κ1) is 11.9. The van der Waals surface area contributed by atoms with Crippen LogP contribution in [0.5, 0.6) is 0 Å². The van der Waals surface area contributed by atoms with Crippen LogP contribution in [-0.2, 0) is 0 Å². The Kier molecular flexibility index (Phi) is 3.33.